The summed E-state index contributed by atoms with van der Waals surface area (Å²) >= 11 is 5.01. The third-order valence-electron chi connectivity index (χ3n) is 1.99. The monoisotopic (exact) mass is 264 g/mol. The molecule has 0 bridgehead atoms. The third kappa shape index (κ3) is 4.84. The van der Waals surface area contributed by atoms with Gasteiger partial charge in [-0.15, -0.1) is 0 Å². The zero-order chi connectivity index (χ0) is 13.5. The third-order valence-corrected chi connectivity index (χ3v) is 2.24. The van der Waals surface area contributed by atoms with Crippen molar-refractivity contribution in [1.82, 2.24) is 10.7 Å². The average Bonchev–Trinajstić information content (AvgIpc) is 2.34. The van der Waals surface area contributed by atoms with Gasteiger partial charge in [0.1, 0.15) is 0 Å². The molecule has 0 aliphatic carbocycles. The lowest BCUT2D eigenvalue weighted by Crippen LogP contribution is -2.39. The van der Waals surface area contributed by atoms with Crippen molar-refractivity contribution in [3.05, 3.63) is 42.0 Å². The van der Waals surface area contributed by atoms with Crippen molar-refractivity contribution in [2.45, 2.75) is 6.92 Å². The first-order valence-corrected chi connectivity index (χ1v) is 5.65. The van der Waals surface area contributed by atoms with Gasteiger partial charge in [0.2, 0.25) is 0 Å². The van der Waals surface area contributed by atoms with E-state index in [-0.39, 0.29) is 5.56 Å². The number of carboxylic acids is 1. The average molecular weight is 264 g/mol. The van der Waals surface area contributed by atoms with Crippen LogP contribution in [0.1, 0.15) is 17.3 Å². The van der Waals surface area contributed by atoms with E-state index in [4.69, 9.17) is 12.2 Å². The molecule has 0 aromatic heterocycles. The molecule has 0 saturated heterocycles. The summed E-state index contributed by atoms with van der Waals surface area (Å²) < 4.78 is 0. The quantitative estimate of drug-likeness (QED) is 0.406. The summed E-state index contributed by atoms with van der Waals surface area (Å²) in [4.78, 5) is 10.5. The maximum Gasteiger partial charge on any atom is 0.185 e. The van der Waals surface area contributed by atoms with Crippen LogP contribution in [0.5, 0.6) is 0 Å². The number of rotatable bonds is 5. The molecule has 0 aliphatic heterocycles. The molecule has 0 unspecified atom stereocenters. The SMILES string of the molecule is C=C(C)CNC(=S)NNc1ccc(C(=O)[O-])cc1. The topological polar surface area (TPSA) is 76.2 Å². The van der Waals surface area contributed by atoms with Crippen LogP contribution in [0.4, 0.5) is 5.69 Å². The lowest BCUT2D eigenvalue weighted by molar-refractivity contribution is -0.255. The van der Waals surface area contributed by atoms with Crippen molar-refractivity contribution in [2.75, 3.05) is 12.0 Å². The molecule has 0 saturated carbocycles. The molecular weight excluding hydrogens is 250 g/mol. The Bertz CT molecular complexity index is 457. The summed E-state index contributed by atoms with van der Waals surface area (Å²) in [6.45, 7) is 6.22. The molecule has 0 atom stereocenters. The number of anilines is 1. The Kier molecular flexibility index (Phi) is 5.13. The molecule has 0 spiro atoms. The molecule has 1 rings (SSSR count). The number of aromatic carboxylic acids is 1. The van der Waals surface area contributed by atoms with Crippen LogP contribution < -0.4 is 21.3 Å². The summed E-state index contributed by atoms with van der Waals surface area (Å²) in [7, 11) is 0. The van der Waals surface area contributed by atoms with E-state index in [1.807, 2.05) is 6.92 Å². The number of carbonyl (C=O) groups excluding carboxylic acids is 1. The van der Waals surface area contributed by atoms with Crippen molar-refractivity contribution in [1.29, 1.82) is 0 Å². The van der Waals surface area contributed by atoms with Crippen molar-refractivity contribution in [3.8, 4) is 0 Å². The van der Waals surface area contributed by atoms with Gasteiger partial charge in [-0.1, -0.05) is 24.3 Å². The lowest BCUT2D eigenvalue weighted by Gasteiger charge is -2.12. The molecule has 6 heteroatoms. The molecule has 3 N–H and O–H groups in total. The Balaban J connectivity index is 2.41. The zero-order valence-electron chi connectivity index (χ0n) is 9.95. The van der Waals surface area contributed by atoms with Gasteiger partial charge in [0, 0.05) is 6.54 Å². The molecule has 96 valence electrons. The van der Waals surface area contributed by atoms with Crippen LogP contribution in [0.25, 0.3) is 0 Å². The van der Waals surface area contributed by atoms with Gasteiger partial charge in [0.15, 0.2) is 5.11 Å². The number of thiocarbonyl (C=S) groups is 1. The van der Waals surface area contributed by atoms with Crippen LogP contribution in [0.15, 0.2) is 36.4 Å². The van der Waals surface area contributed by atoms with Crippen LogP contribution in [0, 0.1) is 0 Å². The van der Waals surface area contributed by atoms with Gasteiger partial charge in [0.25, 0.3) is 0 Å². The molecule has 1 aromatic carbocycles. The molecule has 0 amide bonds. The van der Waals surface area contributed by atoms with E-state index in [1.165, 1.54) is 12.1 Å². The Morgan fingerprint density at radius 2 is 2.00 bits per heavy atom. The first kappa shape index (κ1) is 14.0. The van der Waals surface area contributed by atoms with Crippen molar-refractivity contribution in [3.63, 3.8) is 0 Å². The van der Waals surface area contributed by atoms with E-state index in [1.54, 1.807) is 12.1 Å². The van der Waals surface area contributed by atoms with Crippen LogP contribution >= 0.6 is 12.2 Å². The number of hydrogen-bond donors (Lipinski definition) is 3. The molecule has 1 aromatic rings. The largest absolute Gasteiger partial charge is 0.545 e. The molecule has 0 radical (unpaired) electrons. The first-order chi connectivity index (χ1) is 8.49. The highest BCUT2D eigenvalue weighted by Gasteiger charge is 1.96. The molecule has 0 aliphatic rings. The van der Waals surface area contributed by atoms with Gasteiger partial charge in [-0.25, -0.2) is 0 Å². The second-order valence-corrected chi connectivity index (χ2v) is 4.16. The van der Waals surface area contributed by atoms with Crippen LogP contribution in [-0.2, 0) is 0 Å². The van der Waals surface area contributed by atoms with E-state index >= 15 is 0 Å². The summed E-state index contributed by atoms with van der Waals surface area (Å²) in [5.41, 5.74) is 7.40. The van der Waals surface area contributed by atoms with Gasteiger partial charge in [-0.05, 0) is 36.8 Å². The predicted molar refractivity (Wildman–Crippen MR) is 72.9 cm³/mol. The Morgan fingerprint density at radius 3 is 2.50 bits per heavy atom. The van der Waals surface area contributed by atoms with Gasteiger partial charge in [-0.3, -0.25) is 10.9 Å². The number of carbonyl (C=O) groups is 1. The Labute approximate surface area is 111 Å². The maximum atomic E-state index is 10.5. The number of carboxylic acid groups (broad SMARTS) is 1. The Morgan fingerprint density at radius 1 is 1.39 bits per heavy atom. The van der Waals surface area contributed by atoms with Crippen LogP contribution in [0.2, 0.25) is 0 Å². The van der Waals surface area contributed by atoms with E-state index in [2.05, 4.69) is 22.7 Å². The van der Waals surface area contributed by atoms with E-state index in [0.717, 1.165) is 5.57 Å². The van der Waals surface area contributed by atoms with Crippen LogP contribution in [-0.4, -0.2) is 17.6 Å². The Hall–Kier alpha value is -2.08. The molecule has 0 heterocycles. The van der Waals surface area contributed by atoms with Crippen molar-refractivity contribution >= 4 is 29.0 Å². The highest BCUT2D eigenvalue weighted by Crippen LogP contribution is 2.07. The van der Waals surface area contributed by atoms with E-state index in [9.17, 15) is 9.90 Å². The number of hydrogen-bond acceptors (Lipinski definition) is 4. The van der Waals surface area contributed by atoms with E-state index < -0.39 is 5.97 Å². The fraction of sp³-hybridized carbons (Fsp3) is 0.167. The van der Waals surface area contributed by atoms with Crippen molar-refractivity contribution < 1.29 is 9.90 Å². The first-order valence-electron chi connectivity index (χ1n) is 5.24. The second kappa shape index (κ2) is 6.61. The minimum atomic E-state index is -1.20. The number of nitrogens with one attached hydrogen (secondary N) is 3. The fourth-order valence-corrected chi connectivity index (χ4v) is 1.22. The van der Waals surface area contributed by atoms with E-state index in [0.29, 0.717) is 17.3 Å². The number of benzene rings is 1. The van der Waals surface area contributed by atoms with Gasteiger partial charge >= 0.3 is 0 Å². The smallest absolute Gasteiger partial charge is 0.185 e. The summed E-state index contributed by atoms with van der Waals surface area (Å²) in [6.07, 6.45) is 0. The summed E-state index contributed by atoms with van der Waals surface area (Å²) in [5, 5.41) is 13.9. The second-order valence-electron chi connectivity index (χ2n) is 3.75. The summed E-state index contributed by atoms with van der Waals surface area (Å²) in [5.74, 6) is -1.20. The number of hydrazine groups is 1. The maximum absolute atomic E-state index is 10.5. The predicted octanol–water partition coefficient (Wildman–Crippen LogP) is 0.417. The molecular formula is C12H14N3O2S-. The lowest BCUT2D eigenvalue weighted by atomic mass is 10.2. The summed E-state index contributed by atoms with van der Waals surface area (Å²) in [6, 6.07) is 6.12. The zero-order valence-corrected chi connectivity index (χ0v) is 10.8. The standard InChI is InChI=1S/C12H15N3O2S/c1-8(2)7-13-12(18)15-14-10-5-3-9(4-6-10)11(16)17/h3-6,14H,1,7H2,2H3,(H,16,17)(H2,13,15,18)/p-1. The minimum Gasteiger partial charge on any atom is -0.545 e. The van der Waals surface area contributed by atoms with Crippen LogP contribution in [0.3, 0.4) is 0 Å². The van der Waals surface area contributed by atoms with Gasteiger partial charge < -0.3 is 15.2 Å². The highest BCUT2D eigenvalue weighted by molar-refractivity contribution is 7.80. The fourth-order valence-electron chi connectivity index (χ4n) is 1.09. The molecule has 5 nitrogen and oxygen atoms in total. The highest BCUT2D eigenvalue weighted by atomic mass is 32.1. The molecule has 0 fully saturated rings. The van der Waals surface area contributed by atoms with Gasteiger partial charge in [-0.2, -0.15) is 0 Å². The van der Waals surface area contributed by atoms with Gasteiger partial charge in [0.05, 0.1) is 11.7 Å². The van der Waals surface area contributed by atoms with Crippen molar-refractivity contribution in [2.24, 2.45) is 0 Å². The molecule has 18 heavy (non-hydrogen) atoms. The normalized spacial score (nSPS) is 9.39. The minimum absolute atomic E-state index is 0.128.